The Kier molecular flexibility index (Phi) is 2.05. The first kappa shape index (κ1) is 11.7. The zero-order valence-corrected chi connectivity index (χ0v) is 10.7. The maximum Gasteiger partial charge on any atom is 0.310 e. The van der Waals surface area contributed by atoms with Crippen LogP contribution < -0.4 is 0 Å². The van der Waals surface area contributed by atoms with E-state index in [1.54, 1.807) is 11.0 Å². The highest BCUT2D eigenvalue weighted by Gasteiger charge is 2.67. The van der Waals surface area contributed by atoms with Crippen LogP contribution in [0.15, 0.2) is 12.2 Å². The van der Waals surface area contributed by atoms with Crippen LogP contribution in [0.1, 0.15) is 20.8 Å². The molecular weight excluding hydrogens is 234 g/mol. The van der Waals surface area contributed by atoms with Crippen molar-refractivity contribution < 1.29 is 19.4 Å². The highest BCUT2D eigenvalue weighted by atomic mass is 16.5. The van der Waals surface area contributed by atoms with Gasteiger partial charge in [-0.25, -0.2) is 0 Å². The van der Waals surface area contributed by atoms with E-state index >= 15 is 0 Å². The molecule has 0 aromatic carbocycles. The number of carboxylic acid groups (broad SMARTS) is 1. The summed E-state index contributed by atoms with van der Waals surface area (Å²) in [6.45, 7) is 6.31. The maximum absolute atomic E-state index is 12.5. The van der Waals surface area contributed by atoms with Gasteiger partial charge in [0.2, 0.25) is 5.91 Å². The Morgan fingerprint density at radius 2 is 2.22 bits per heavy atom. The quantitative estimate of drug-likeness (QED) is 0.695. The van der Waals surface area contributed by atoms with Crippen LogP contribution in [0, 0.1) is 11.8 Å². The molecule has 3 heterocycles. The van der Waals surface area contributed by atoms with Crippen molar-refractivity contribution in [3.63, 3.8) is 0 Å². The number of nitrogens with zero attached hydrogens (tertiary/aromatic N) is 1. The number of ether oxygens (including phenoxy) is 1. The van der Waals surface area contributed by atoms with Crippen molar-refractivity contribution in [3.8, 4) is 0 Å². The van der Waals surface area contributed by atoms with E-state index in [4.69, 9.17) is 4.74 Å². The van der Waals surface area contributed by atoms with Crippen molar-refractivity contribution in [2.24, 2.45) is 11.8 Å². The zero-order chi connectivity index (χ0) is 13.3. The van der Waals surface area contributed by atoms with Crippen LogP contribution >= 0.6 is 0 Å². The van der Waals surface area contributed by atoms with Crippen LogP contribution in [0.2, 0.25) is 0 Å². The second-order valence-corrected chi connectivity index (χ2v) is 6.33. The smallest absolute Gasteiger partial charge is 0.310 e. The van der Waals surface area contributed by atoms with Crippen molar-refractivity contribution in [3.05, 3.63) is 12.2 Å². The Morgan fingerprint density at radius 3 is 2.78 bits per heavy atom. The van der Waals surface area contributed by atoms with E-state index in [1.165, 1.54) is 0 Å². The Hall–Kier alpha value is -1.36. The molecule has 5 heteroatoms. The van der Waals surface area contributed by atoms with Crippen LogP contribution in [-0.4, -0.2) is 45.7 Å². The molecule has 3 aliphatic rings. The fourth-order valence-corrected chi connectivity index (χ4v) is 3.35. The van der Waals surface area contributed by atoms with Gasteiger partial charge in [-0.2, -0.15) is 0 Å². The largest absolute Gasteiger partial charge is 0.481 e. The van der Waals surface area contributed by atoms with Gasteiger partial charge in [0.15, 0.2) is 0 Å². The summed E-state index contributed by atoms with van der Waals surface area (Å²) in [6, 6.07) is 0. The lowest BCUT2D eigenvalue weighted by molar-refractivity contribution is -0.149. The van der Waals surface area contributed by atoms with Gasteiger partial charge in [0.05, 0.1) is 18.6 Å². The molecule has 0 unspecified atom stereocenters. The van der Waals surface area contributed by atoms with Crippen molar-refractivity contribution in [2.75, 3.05) is 6.54 Å². The fraction of sp³-hybridized carbons (Fsp3) is 0.692. The average Bonchev–Trinajstić information content (AvgIpc) is 2.85. The van der Waals surface area contributed by atoms with Crippen LogP contribution in [0.5, 0.6) is 0 Å². The summed E-state index contributed by atoms with van der Waals surface area (Å²) in [5.41, 5.74) is -1.02. The van der Waals surface area contributed by atoms with E-state index in [2.05, 4.69) is 0 Å². The average molecular weight is 251 g/mol. The summed E-state index contributed by atoms with van der Waals surface area (Å²) in [5.74, 6) is -2.35. The fourth-order valence-electron chi connectivity index (χ4n) is 3.35. The monoisotopic (exact) mass is 251 g/mol. The topological polar surface area (TPSA) is 66.8 Å². The highest BCUT2D eigenvalue weighted by molar-refractivity contribution is 5.91. The second kappa shape index (κ2) is 3.15. The van der Waals surface area contributed by atoms with Gasteiger partial charge < -0.3 is 14.7 Å². The van der Waals surface area contributed by atoms with E-state index in [9.17, 15) is 14.7 Å². The minimum Gasteiger partial charge on any atom is -0.481 e. The summed E-state index contributed by atoms with van der Waals surface area (Å²) in [5, 5.41) is 9.30. The first-order valence-corrected chi connectivity index (χ1v) is 6.18. The van der Waals surface area contributed by atoms with E-state index in [-0.39, 0.29) is 11.4 Å². The van der Waals surface area contributed by atoms with E-state index in [1.807, 2.05) is 26.8 Å². The summed E-state index contributed by atoms with van der Waals surface area (Å²) in [4.78, 5) is 25.6. The molecule has 0 aromatic rings. The molecule has 0 radical (unpaired) electrons. The molecule has 3 aliphatic heterocycles. The van der Waals surface area contributed by atoms with E-state index in [0.717, 1.165) is 0 Å². The Bertz CT molecular complexity index is 464. The van der Waals surface area contributed by atoms with Crippen LogP contribution in [0.3, 0.4) is 0 Å². The van der Waals surface area contributed by atoms with Gasteiger partial charge in [0, 0.05) is 5.54 Å². The summed E-state index contributed by atoms with van der Waals surface area (Å²) in [7, 11) is 0. The summed E-state index contributed by atoms with van der Waals surface area (Å²) >= 11 is 0. The van der Waals surface area contributed by atoms with Crippen LogP contribution in [0.25, 0.3) is 0 Å². The summed E-state index contributed by atoms with van der Waals surface area (Å²) < 4.78 is 5.80. The molecule has 1 amide bonds. The third-order valence-corrected chi connectivity index (χ3v) is 4.20. The number of carbonyl (C=O) groups excluding carboxylic acids is 1. The number of rotatable bonds is 1. The number of carboxylic acids is 1. The standard InChI is InChI=1S/C13H17NO4/c1-12(2,3)14-6-13-5-4-7(18-13)8(11(16)17)9(13)10(14)15/h4-5,7-9H,6H2,1-3H3,(H,16,17)/t7-,8-,9-,13-/m1/s1. The van der Waals surface area contributed by atoms with Crippen molar-refractivity contribution in [2.45, 2.75) is 38.0 Å². The molecule has 0 saturated carbocycles. The van der Waals surface area contributed by atoms with E-state index < -0.39 is 29.5 Å². The molecule has 0 aliphatic carbocycles. The van der Waals surface area contributed by atoms with Gasteiger partial charge in [0.1, 0.15) is 11.5 Å². The van der Waals surface area contributed by atoms with E-state index in [0.29, 0.717) is 6.54 Å². The normalized spacial score (nSPS) is 41.6. The molecule has 2 fully saturated rings. The Balaban J connectivity index is 2.02. The minimum atomic E-state index is -0.944. The molecule has 2 saturated heterocycles. The highest BCUT2D eigenvalue weighted by Crippen LogP contribution is 2.52. The lowest BCUT2D eigenvalue weighted by atomic mass is 9.77. The lowest BCUT2D eigenvalue weighted by Crippen LogP contribution is -2.45. The Labute approximate surface area is 105 Å². The Morgan fingerprint density at radius 1 is 1.56 bits per heavy atom. The third kappa shape index (κ3) is 1.25. The molecular formula is C13H17NO4. The SMILES string of the molecule is CC(C)(C)N1C[C@@]23C=C[C@@H](O2)[C@@H](C(=O)O)[C@@H]3C1=O. The number of hydrogen-bond donors (Lipinski definition) is 1. The molecule has 1 N–H and O–H groups in total. The van der Waals surface area contributed by atoms with Gasteiger partial charge >= 0.3 is 5.97 Å². The van der Waals surface area contributed by atoms with Crippen molar-refractivity contribution in [1.29, 1.82) is 0 Å². The number of aliphatic carboxylic acids is 1. The van der Waals surface area contributed by atoms with Crippen molar-refractivity contribution in [1.82, 2.24) is 4.90 Å². The second-order valence-electron chi connectivity index (χ2n) is 6.33. The van der Waals surface area contributed by atoms with Gasteiger partial charge in [-0.15, -0.1) is 0 Å². The lowest BCUT2D eigenvalue weighted by Gasteiger charge is -2.33. The molecule has 18 heavy (non-hydrogen) atoms. The number of carbonyl (C=O) groups is 2. The van der Waals surface area contributed by atoms with Gasteiger partial charge in [-0.3, -0.25) is 9.59 Å². The predicted molar refractivity (Wildman–Crippen MR) is 62.8 cm³/mol. The number of hydrogen-bond acceptors (Lipinski definition) is 3. The summed E-state index contributed by atoms with van der Waals surface area (Å²) in [6.07, 6.45) is 3.22. The van der Waals surface area contributed by atoms with Gasteiger partial charge in [0.25, 0.3) is 0 Å². The number of likely N-dealkylation sites (tertiary alicyclic amines) is 1. The van der Waals surface area contributed by atoms with Crippen LogP contribution in [-0.2, 0) is 14.3 Å². The molecule has 2 bridgehead atoms. The first-order chi connectivity index (χ1) is 8.26. The first-order valence-electron chi connectivity index (χ1n) is 6.18. The molecule has 5 nitrogen and oxygen atoms in total. The molecule has 0 aromatic heterocycles. The van der Waals surface area contributed by atoms with Gasteiger partial charge in [-0.1, -0.05) is 12.2 Å². The molecule has 1 spiro atoms. The third-order valence-electron chi connectivity index (χ3n) is 4.20. The molecule has 98 valence electrons. The molecule has 3 rings (SSSR count). The van der Waals surface area contributed by atoms with Crippen molar-refractivity contribution >= 4 is 11.9 Å². The van der Waals surface area contributed by atoms with Crippen LogP contribution in [0.4, 0.5) is 0 Å². The zero-order valence-electron chi connectivity index (χ0n) is 10.7. The number of amides is 1. The maximum atomic E-state index is 12.5. The van der Waals surface area contributed by atoms with Gasteiger partial charge in [-0.05, 0) is 20.8 Å². The number of fused-ring (bicyclic) bond motifs is 1. The molecule has 4 atom stereocenters. The minimum absolute atomic E-state index is 0.0956. The predicted octanol–water partition coefficient (Wildman–Crippen LogP) is 0.651.